The molecule has 0 unspecified atom stereocenters. The zero-order valence-electron chi connectivity index (χ0n) is 13.6. The Kier molecular flexibility index (Phi) is 4.74. The third-order valence-electron chi connectivity index (χ3n) is 5.26. The van der Waals surface area contributed by atoms with Crippen LogP contribution in [0.3, 0.4) is 0 Å². The number of fused-ring (bicyclic) bond motifs is 1. The predicted molar refractivity (Wildman–Crippen MR) is 104 cm³/mol. The number of benzene rings is 1. The molecule has 126 valence electrons. The van der Waals surface area contributed by atoms with Gasteiger partial charge in [0.15, 0.2) is 0 Å². The number of pyridine rings is 1. The number of aromatic nitrogens is 1. The lowest BCUT2D eigenvalue weighted by atomic mass is 9.85. The van der Waals surface area contributed by atoms with Crippen molar-refractivity contribution < 1.29 is 5.11 Å². The number of hydrogen-bond acceptors (Lipinski definition) is 4. The number of aliphatic hydroxyl groups excluding tert-OH is 1. The van der Waals surface area contributed by atoms with E-state index in [0.29, 0.717) is 0 Å². The molecule has 1 fully saturated rings. The van der Waals surface area contributed by atoms with Crippen LogP contribution in [-0.4, -0.2) is 53.3 Å². The minimum atomic E-state index is -0.267. The fraction of sp³-hybridized carbons (Fsp3) is 0.421. The highest BCUT2D eigenvalue weighted by molar-refractivity contribution is 14.1. The quantitative estimate of drug-likeness (QED) is 0.736. The summed E-state index contributed by atoms with van der Waals surface area (Å²) in [6.45, 7) is 3.91. The predicted octanol–water partition coefficient (Wildman–Crippen LogP) is 2.34. The van der Waals surface area contributed by atoms with Gasteiger partial charge in [0.05, 0.1) is 6.10 Å². The van der Waals surface area contributed by atoms with Crippen LogP contribution < -0.4 is 4.90 Å². The molecule has 0 amide bonds. The fourth-order valence-electron chi connectivity index (χ4n) is 3.93. The molecule has 2 aliphatic rings. The molecule has 1 aliphatic heterocycles. The largest absolute Gasteiger partial charge is 0.391 e. The molecule has 1 aromatic heterocycles. The van der Waals surface area contributed by atoms with Gasteiger partial charge in [-0.2, -0.15) is 0 Å². The van der Waals surface area contributed by atoms with Crippen molar-refractivity contribution in [2.45, 2.75) is 25.0 Å². The smallest absolute Gasteiger partial charge is 0.128 e. The zero-order chi connectivity index (χ0) is 16.5. The number of hydrogen-bond donors (Lipinski definition) is 1. The highest BCUT2D eigenvalue weighted by atomic mass is 127. The lowest BCUT2D eigenvalue weighted by Crippen LogP contribution is -2.56. The van der Waals surface area contributed by atoms with Crippen molar-refractivity contribution >= 4 is 28.4 Å². The van der Waals surface area contributed by atoms with Gasteiger partial charge in [-0.25, -0.2) is 4.98 Å². The first-order valence-corrected chi connectivity index (χ1v) is 9.64. The van der Waals surface area contributed by atoms with Crippen molar-refractivity contribution in [1.29, 1.82) is 0 Å². The van der Waals surface area contributed by atoms with Crippen LogP contribution in [0.15, 0.2) is 42.6 Å². The number of anilines is 1. The van der Waals surface area contributed by atoms with Gasteiger partial charge in [-0.3, -0.25) is 4.90 Å². The molecule has 5 heteroatoms. The van der Waals surface area contributed by atoms with Crippen LogP contribution in [-0.2, 0) is 12.8 Å². The first-order valence-electron chi connectivity index (χ1n) is 8.57. The molecule has 0 bridgehead atoms. The van der Waals surface area contributed by atoms with Gasteiger partial charge in [-0.1, -0.05) is 18.2 Å². The number of piperazine rings is 1. The third-order valence-corrected chi connectivity index (χ3v) is 6.27. The molecule has 2 heterocycles. The standard InChI is InChI=1S/C19H22IN3O/c20-16-5-3-4-14-12-18(24)17(13-15(14)16)22-8-10-23(11-9-22)19-6-1-2-7-21-19/h1-7,17-18,24H,8-13H2/t17-,18-/m1/s1. The van der Waals surface area contributed by atoms with Crippen molar-refractivity contribution in [2.75, 3.05) is 31.1 Å². The van der Waals surface area contributed by atoms with Crippen LogP contribution in [0.25, 0.3) is 0 Å². The molecular formula is C19H22IN3O. The average Bonchev–Trinajstić information content (AvgIpc) is 2.62. The van der Waals surface area contributed by atoms with Gasteiger partial charge < -0.3 is 10.0 Å². The summed E-state index contributed by atoms with van der Waals surface area (Å²) in [5.74, 6) is 1.06. The first kappa shape index (κ1) is 16.3. The molecule has 0 saturated carbocycles. The molecule has 1 aliphatic carbocycles. The Bertz CT molecular complexity index is 701. The van der Waals surface area contributed by atoms with E-state index in [4.69, 9.17) is 0 Å². The Labute approximate surface area is 156 Å². The third kappa shape index (κ3) is 3.17. The van der Waals surface area contributed by atoms with E-state index in [9.17, 15) is 5.11 Å². The van der Waals surface area contributed by atoms with E-state index in [1.165, 1.54) is 14.7 Å². The summed E-state index contributed by atoms with van der Waals surface area (Å²) in [7, 11) is 0. The van der Waals surface area contributed by atoms with Crippen molar-refractivity contribution in [3.05, 3.63) is 57.3 Å². The Balaban J connectivity index is 1.45. The maximum absolute atomic E-state index is 10.7. The molecule has 1 saturated heterocycles. The van der Waals surface area contributed by atoms with Crippen LogP contribution in [0, 0.1) is 3.57 Å². The second kappa shape index (κ2) is 6.98. The second-order valence-corrected chi connectivity index (χ2v) is 7.79. The molecule has 24 heavy (non-hydrogen) atoms. The number of aliphatic hydroxyl groups is 1. The van der Waals surface area contributed by atoms with Gasteiger partial charge in [0.25, 0.3) is 0 Å². The van der Waals surface area contributed by atoms with E-state index in [1.54, 1.807) is 0 Å². The van der Waals surface area contributed by atoms with Gasteiger partial charge in [0.2, 0.25) is 0 Å². The summed E-state index contributed by atoms with van der Waals surface area (Å²) in [4.78, 5) is 9.26. The van der Waals surface area contributed by atoms with Gasteiger partial charge in [-0.15, -0.1) is 0 Å². The van der Waals surface area contributed by atoms with Gasteiger partial charge in [-0.05, 0) is 58.3 Å². The van der Waals surface area contributed by atoms with Gasteiger partial charge in [0.1, 0.15) is 5.82 Å². The average molecular weight is 435 g/mol. The molecule has 4 nitrogen and oxygen atoms in total. The molecule has 4 rings (SSSR count). The molecule has 2 atom stereocenters. The molecule has 0 spiro atoms. The van der Waals surface area contributed by atoms with Crippen LogP contribution in [0.2, 0.25) is 0 Å². The normalized spacial score (nSPS) is 24.7. The Morgan fingerprint density at radius 2 is 1.83 bits per heavy atom. The molecule has 1 aromatic carbocycles. The highest BCUT2D eigenvalue weighted by Gasteiger charge is 2.34. The van der Waals surface area contributed by atoms with Crippen LogP contribution in [0.4, 0.5) is 5.82 Å². The number of nitrogens with zero attached hydrogens (tertiary/aromatic N) is 3. The van der Waals surface area contributed by atoms with E-state index in [1.807, 2.05) is 18.3 Å². The zero-order valence-corrected chi connectivity index (χ0v) is 15.8. The van der Waals surface area contributed by atoms with E-state index >= 15 is 0 Å². The molecule has 2 aromatic rings. The van der Waals surface area contributed by atoms with E-state index in [2.05, 4.69) is 61.6 Å². The van der Waals surface area contributed by atoms with Crippen LogP contribution in [0.1, 0.15) is 11.1 Å². The minimum absolute atomic E-state index is 0.235. The Morgan fingerprint density at radius 3 is 2.58 bits per heavy atom. The maximum atomic E-state index is 10.7. The first-order chi connectivity index (χ1) is 11.7. The highest BCUT2D eigenvalue weighted by Crippen LogP contribution is 2.29. The summed E-state index contributed by atoms with van der Waals surface area (Å²) in [6, 6.07) is 12.7. The lowest BCUT2D eigenvalue weighted by molar-refractivity contribution is 0.0393. The van der Waals surface area contributed by atoms with Gasteiger partial charge >= 0.3 is 0 Å². The molecule has 1 N–H and O–H groups in total. The summed E-state index contributed by atoms with van der Waals surface area (Å²) in [5, 5.41) is 10.7. The van der Waals surface area contributed by atoms with E-state index < -0.39 is 0 Å². The minimum Gasteiger partial charge on any atom is -0.391 e. The second-order valence-electron chi connectivity index (χ2n) is 6.63. The Morgan fingerprint density at radius 1 is 1.00 bits per heavy atom. The maximum Gasteiger partial charge on any atom is 0.128 e. The number of rotatable bonds is 2. The fourth-order valence-corrected chi connectivity index (χ4v) is 4.70. The Hall–Kier alpha value is -1.18. The number of halogens is 1. The summed E-state index contributed by atoms with van der Waals surface area (Å²) in [6.07, 6.45) is 3.32. The van der Waals surface area contributed by atoms with Crippen LogP contribution in [0.5, 0.6) is 0 Å². The monoisotopic (exact) mass is 435 g/mol. The van der Waals surface area contributed by atoms with Crippen molar-refractivity contribution in [1.82, 2.24) is 9.88 Å². The van der Waals surface area contributed by atoms with E-state index in [-0.39, 0.29) is 12.1 Å². The van der Waals surface area contributed by atoms with Crippen molar-refractivity contribution in [2.24, 2.45) is 0 Å². The summed E-state index contributed by atoms with van der Waals surface area (Å²) in [5.41, 5.74) is 2.75. The lowest BCUT2D eigenvalue weighted by Gasteiger charge is -2.43. The van der Waals surface area contributed by atoms with Crippen LogP contribution >= 0.6 is 22.6 Å². The van der Waals surface area contributed by atoms with Gasteiger partial charge in [0, 0.05) is 48.4 Å². The topological polar surface area (TPSA) is 39.6 Å². The summed E-state index contributed by atoms with van der Waals surface area (Å²) >= 11 is 2.43. The molecular weight excluding hydrogens is 413 g/mol. The van der Waals surface area contributed by atoms with E-state index in [0.717, 1.165) is 44.8 Å². The molecule has 0 radical (unpaired) electrons. The summed E-state index contributed by atoms with van der Waals surface area (Å²) < 4.78 is 1.33. The van der Waals surface area contributed by atoms with Crippen molar-refractivity contribution in [3.8, 4) is 0 Å². The SMILES string of the molecule is O[C@@H]1Cc2cccc(I)c2C[C@H]1N1CCN(c2ccccn2)CC1. The van der Waals surface area contributed by atoms with Crippen molar-refractivity contribution in [3.63, 3.8) is 0 Å².